The first-order valence-electron chi connectivity index (χ1n) is 13.4. The van der Waals surface area contributed by atoms with Crippen LogP contribution in [0.5, 0.6) is 0 Å². The third-order valence-electron chi connectivity index (χ3n) is 8.16. The van der Waals surface area contributed by atoms with Crippen molar-refractivity contribution in [2.75, 3.05) is 13.6 Å². The largest absolute Gasteiger partial charge is 0.341 e. The van der Waals surface area contributed by atoms with E-state index >= 15 is 0 Å². The lowest BCUT2D eigenvalue weighted by Gasteiger charge is -2.35. The van der Waals surface area contributed by atoms with Gasteiger partial charge in [0.15, 0.2) is 5.84 Å². The highest BCUT2D eigenvalue weighted by Crippen LogP contribution is 2.40. The molecular weight excluding hydrogens is 470 g/mol. The third-order valence-corrected chi connectivity index (χ3v) is 8.16. The molecule has 38 heavy (non-hydrogen) atoms. The number of rotatable bonds is 5. The van der Waals surface area contributed by atoms with Gasteiger partial charge in [-0.25, -0.2) is 9.98 Å². The molecule has 7 rings (SSSR count). The fourth-order valence-corrected chi connectivity index (χ4v) is 6.21. The zero-order chi connectivity index (χ0) is 25.7. The van der Waals surface area contributed by atoms with Crippen molar-refractivity contribution in [3.63, 3.8) is 0 Å². The summed E-state index contributed by atoms with van der Waals surface area (Å²) in [6, 6.07) is 30.0. The molecule has 3 aliphatic heterocycles. The normalized spacial score (nSPS) is 23.9. The molecule has 6 heteroatoms. The summed E-state index contributed by atoms with van der Waals surface area (Å²) in [5.41, 5.74) is 5.80. The Labute approximate surface area is 223 Å². The Morgan fingerprint density at radius 1 is 0.895 bits per heavy atom. The van der Waals surface area contributed by atoms with E-state index < -0.39 is 0 Å². The van der Waals surface area contributed by atoms with E-state index in [1.165, 1.54) is 22.3 Å². The van der Waals surface area contributed by atoms with Crippen LogP contribution in [-0.2, 0) is 17.8 Å². The van der Waals surface area contributed by atoms with Crippen LogP contribution >= 0.6 is 0 Å². The van der Waals surface area contributed by atoms with Crippen molar-refractivity contribution in [3.8, 4) is 11.1 Å². The van der Waals surface area contributed by atoms with E-state index in [-0.39, 0.29) is 11.7 Å². The highest BCUT2D eigenvalue weighted by molar-refractivity contribution is 6.13. The molecule has 0 bridgehead atoms. The number of aliphatic imine (C=N–C) groups is 2. The van der Waals surface area contributed by atoms with Gasteiger partial charge in [0.25, 0.3) is 0 Å². The molecule has 0 radical (unpaired) electrons. The summed E-state index contributed by atoms with van der Waals surface area (Å²) in [4.78, 5) is 29.4. The first kappa shape index (κ1) is 23.0. The molecule has 6 nitrogen and oxygen atoms in total. The first-order valence-corrected chi connectivity index (χ1v) is 13.4. The minimum absolute atomic E-state index is 0.0199. The average Bonchev–Trinajstić information content (AvgIpc) is 3.61. The van der Waals surface area contributed by atoms with E-state index in [2.05, 4.69) is 107 Å². The molecule has 190 valence electrons. The van der Waals surface area contributed by atoms with Crippen molar-refractivity contribution in [1.82, 2.24) is 14.7 Å². The molecule has 3 aromatic carbocycles. The number of benzene rings is 3. The number of guanidine groups is 1. The fourth-order valence-electron chi connectivity index (χ4n) is 6.21. The molecule has 0 amide bonds. The minimum atomic E-state index is -0.303. The van der Waals surface area contributed by atoms with Crippen molar-refractivity contribution in [2.45, 2.75) is 43.9 Å². The Bertz CT molecular complexity index is 1460. The Morgan fingerprint density at radius 3 is 2.32 bits per heavy atom. The summed E-state index contributed by atoms with van der Waals surface area (Å²) in [6.07, 6.45) is 4.96. The molecule has 1 aliphatic carbocycles. The monoisotopic (exact) mass is 501 g/mol. The lowest BCUT2D eigenvalue weighted by Crippen LogP contribution is -2.48. The molecular formula is C32H31N5O. The van der Waals surface area contributed by atoms with Gasteiger partial charge in [-0.05, 0) is 28.7 Å². The highest BCUT2D eigenvalue weighted by Gasteiger charge is 2.50. The van der Waals surface area contributed by atoms with E-state index in [9.17, 15) is 4.79 Å². The number of carbonyl (C=O) groups is 1. The smallest absolute Gasteiger partial charge is 0.207 e. The Hall–Kier alpha value is -4.19. The number of hydrogen-bond donors (Lipinski definition) is 0. The summed E-state index contributed by atoms with van der Waals surface area (Å²) >= 11 is 0. The Kier molecular flexibility index (Phi) is 5.43. The molecule has 1 saturated carbocycles. The minimum Gasteiger partial charge on any atom is -0.341 e. The zero-order valence-electron chi connectivity index (χ0n) is 21.6. The summed E-state index contributed by atoms with van der Waals surface area (Å²) in [7, 11) is 2.06. The predicted molar refractivity (Wildman–Crippen MR) is 150 cm³/mol. The summed E-state index contributed by atoms with van der Waals surface area (Å²) in [5.74, 6) is 2.22. The van der Waals surface area contributed by atoms with Crippen LogP contribution in [0.1, 0.15) is 30.4 Å². The van der Waals surface area contributed by atoms with E-state index in [1.54, 1.807) is 0 Å². The highest BCUT2D eigenvalue weighted by atomic mass is 16.1. The molecule has 0 aromatic heterocycles. The number of carbonyl (C=O) groups excluding carboxylic acids is 1. The number of fused-ring (bicyclic) bond motifs is 3. The van der Waals surface area contributed by atoms with Crippen LogP contribution in [0.3, 0.4) is 0 Å². The van der Waals surface area contributed by atoms with Crippen LogP contribution in [0.2, 0.25) is 0 Å². The summed E-state index contributed by atoms with van der Waals surface area (Å²) < 4.78 is 0. The lowest BCUT2D eigenvalue weighted by atomic mass is 9.99. The second-order valence-corrected chi connectivity index (χ2v) is 10.9. The van der Waals surface area contributed by atoms with E-state index in [0.29, 0.717) is 18.6 Å². The van der Waals surface area contributed by atoms with Crippen LogP contribution in [0.4, 0.5) is 0 Å². The van der Waals surface area contributed by atoms with Crippen molar-refractivity contribution >= 4 is 17.6 Å². The van der Waals surface area contributed by atoms with Crippen molar-refractivity contribution in [3.05, 3.63) is 108 Å². The molecule has 0 N–H and O–H groups in total. The molecule has 1 spiro atoms. The van der Waals surface area contributed by atoms with Gasteiger partial charge >= 0.3 is 0 Å². The molecule has 3 heterocycles. The van der Waals surface area contributed by atoms with Crippen LogP contribution in [0.25, 0.3) is 11.1 Å². The predicted octanol–water partition coefficient (Wildman–Crippen LogP) is 5.09. The molecule has 4 aliphatic rings. The quantitative estimate of drug-likeness (QED) is 0.489. The van der Waals surface area contributed by atoms with Gasteiger partial charge in [-0.15, -0.1) is 0 Å². The van der Waals surface area contributed by atoms with E-state index in [1.807, 2.05) is 6.07 Å². The SMILES string of the molecule is CN1C=C2C(=NC(Cc3ccc(-c4ccccc4)cc3)N2Cc2ccccc2)N2CC3(CCC(=O)C3)N=C12. The van der Waals surface area contributed by atoms with Gasteiger partial charge in [0.2, 0.25) is 5.96 Å². The molecule has 2 atom stereocenters. The maximum atomic E-state index is 12.2. The number of nitrogens with zero attached hydrogens (tertiary/aromatic N) is 5. The van der Waals surface area contributed by atoms with Gasteiger partial charge in [0.05, 0.1) is 17.8 Å². The van der Waals surface area contributed by atoms with Gasteiger partial charge in [-0.3, -0.25) is 9.69 Å². The summed E-state index contributed by atoms with van der Waals surface area (Å²) in [5, 5.41) is 0. The van der Waals surface area contributed by atoms with Gasteiger partial charge < -0.3 is 9.80 Å². The van der Waals surface area contributed by atoms with Crippen LogP contribution < -0.4 is 0 Å². The van der Waals surface area contributed by atoms with E-state index in [4.69, 9.17) is 9.98 Å². The maximum absolute atomic E-state index is 12.2. The molecule has 2 unspecified atom stereocenters. The lowest BCUT2D eigenvalue weighted by molar-refractivity contribution is -0.117. The Balaban J connectivity index is 1.20. The van der Waals surface area contributed by atoms with Crippen LogP contribution in [0.15, 0.2) is 107 Å². The maximum Gasteiger partial charge on any atom is 0.207 e. The second kappa shape index (κ2) is 8.98. The molecule has 3 aromatic rings. The van der Waals surface area contributed by atoms with Crippen molar-refractivity contribution < 1.29 is 4.79 Å². The fraction of sp³-hybridized carbons (Fsp3) is 0.281. The zero-order valence-corrected chi connectivity index (χ0v) is 21.6. The standard InChI is InChI=1S/C32H31N5O/c1-35-21-28-30(37-22-32(34-31(35)37)17-16-27(38)19-32)33-29(36(28)20-24-8-4-2-5-9-24)18-23-12-14-26(15-13-23)25-10-6-3-7-11-25/h2-15,21,29H,16-20,22H2,1H3. The Morgan fingerprint density at radius 2 is 1.61 bits per heavy atom. The van der Waals surface area contributed by atoms with Crippen molar-refractivity contribution in [1.29, 1.82) is 0 Å². The van der Waals surface area contributed by atoms with Gasteiger partial charge in [-0.2, -0.15) is 0 Å². The van der Waals surface area contributed by atoms with E-state index in [0.717, 1.165) is 43.4 Å². The first-order chi connectivity index (χ1) is 18.6. The van der Waals surface area contributed by atoms with Gasteiger partial charge in [-0.1, -0.05) is 84.9 Å². The average molecular weight is 502 g/mol. The number of Topliss-reactive ketones (excluding diaryl/α,β-unsaturated/α-hetero) is 1. The second-order valence-electron chi connectivity index (χ2n) is 10.9. The van der Waals surface area contributed by atoms with Crippen LogP contribution in [0, 0.1) is 0 Å². The summed E-state index contributed by atoms with van der Waals surface area (Å²) in [6.45, 7) is 1.51. The van der Waals surface area contributed by atoms with Crippen LogP contribution in [-0.4, -0.2) is 57.6 Å². The topological polar surface area (TPSA) is 51.5 Å². The van der Waals surface area contributed by atoms with Gasteiger partial charge in [0, 0.05) is 39.1 Å². The van der Waals surface area contributed by atoms with Gasteiger partial charge in [0.1, 0.15) is 11.9 Å². The third kappa shape index (κ3) is 4.01. The van der Waals surface area contributed by atoms with Crippen molar-refractivity contribution in [2.24, 2.45) is 9.98 Å². The number of ketones is 1. The molecule has 0 saturated heterocycles. The number of hydrogen-bond acceptors (Lipinski definition) is 6. The number of amidine groups is 1. The molecule has 1 fully saturated rings.